The van der Waals surface area contributed by atoms with Crippen LogP contribution in [0.25, 0.3) is 0 Å². The second-order valence-electron chi connectivity index (χ2n) is 2.71. The first-order chi connectivity index (χ1) is 5.43. The SMILES string of the molecule is O=C(O)[C@H]1NCCC1C(F)(F)F. The van der Waals surface area contributed by atoms with Gasteiger partial charge in [0.15, 0.2) is 0 Å². The summed E-state index contributed by atoms with van der Waals surface area (Å²) in [5.74, 6) is -3.18. The van der Waals surface area contributed by atoms with Crippen LogP contribution < -0.4 is 5.32 Å². The lowest BCUT2D eigenvalue weighted by molar-refractivity contribution is -0.183. The van der Waals surface area contributed by atoms with E-state index >= 15 is 0 Å². The van der Waals surface area contributed by atoms with E-state index < -0.39 is 24.1 Å². The van der Waals surface area contributed by atoms with Gasteiger partial charge in [-0.05, 0) is 13.0 Å². The highest BCUT2D eigenvalue weighted by Gasteiger charge is 2.49. The largest absolute Gasteiger partial charge is 0.480 e. The molecule has 1 saturated heterocycles. The minimum absolute atomic E-state index is 0.112. The fourth-order valence-corrected chi connectivity index (χ4v) is 1.32. The van der Waals surface area contributed by atoms with E-state index in [0.29, 0.717) is 0 Å². The molecule has 1 unspecified atom stereocenters. The number of rotatable bonds is 1. The molecule has 0 bridgehead atoms. The molecule has 2 N–H and O–H groups in total. The third kappa shape index (κ3) is 1.69. The average Bonchev–Trinajstić information content (AvgIpc) is 2.30. The highest BCUT2D eigenvalue weighted by Crippen LogP contribution is 2.34. The number of hydrogen-bond acceptors (Lipinski definition) is 2. The summed E-state index contributed by atoms with van der Waals surface area (Å²) in [6.45, 7) is 0.112. The fourth-order valence-electron chi connectivity index (χ4n) is 1.32. The van der Waals surface area contributed by atoms with Gasteiger partial charge in [0.25, 0.3) is 0 Å². The van der Waals surface area contributed by atoms with Crippen molar-refractivity contribution in [1.82, 2.24) is 5.32 Å². The van der Waals surface area contributed by atoms with Crippen molar-refractivity contribution in [3.05, 3.63) is 0 Å². The summed E-state index contributed by atoms with van der Waals surface area (Å²) in [7, 11) is 0. The maximum absolute atomic E-state index is 12.1. The Morgan fingerprint density at radius 2 is 2.08 bits per heavy atom. The van der Waals surface area contributed by atoms with Crippen molar-refractivity contribution in [2.75, 3.05) is 6.54 Å². The summed E-state index contributed by atoms with van der Waals surface area (Å²) in [4.78, 5) is 10.3. The molecule has 1 aliphatic rings. The molecule has 0 spiro atoms. The molecule has 70 valence electrons. The number of carbonyl (C=O) groups is 1. The fraction of sp³-hybridized carbons (Fsp3) is 0.833. The van der Waals surface area contributed by atoms with E-state index in [1.54, 1.807) is 0 Å². The molecule has 1 fully saturated rings. The van der Waals surface area contributed by atoms with Crippen LogP contribution in [0.3, 0.4) is 0 Å². The van der Waals surface area contributed by atoms with E-state index in [9.17, 15) is 18.0 Å². The maximum Gasteiger partial charge on any atom is 0.393 e. The molecule has 12 heavy (non-hydrogen) atoms. The van der Waals surface area contributed by atoms with Gasteiger partial charge in [0.05, 0.1) is 5.92 Å². The molecule has 1 heterocycles. The molecule has 6 heteroatoms. The first-order valence-electron chi connectivity index (χ1n) is 3.46. The monoisotopic (exact) mass is 183 g/mol. The summed E-state index contributed by atoms with van der Waals surface area (Å²) in [5.41, 5.74) is 0. The molecule has 0 aromatic rings. The third-order valence-electron chi connectivity index (χ3n) is 1.91. The minimum atomic E-state index is -4.41. The topological polar surface area (TPSA) is 49.3 Å². The van der Waals surface area contributed by atoms with Crippen LogP contribution in [0.1, 0.15) is 6.42 Å². The van der Waals surface area contributed by atoms with Crippen molar-refractivity contribution in [1.29, 1.82) is 0 Å². The number of alkyl halides is 3. The maximum atomic E-state index is 12.1. The predicted molar refractivity (Wildman–Crippen MR) is 33.6 cm³/mol. The highest BCUT2D eigenvalue weighted by molar-refractivity contribution is 5.74. The van der Waals surface area contributed by atoms with Crippen LogP contribution in [-0.4, -0.2) is 29.8 Å². The first-order valence-corrected chi connectivity index (χ1v) is 3.46. The van der Waals surface area contributed by atoms with Gasteiger partial charge in [-0.1, -0.05) is 0 Å². The van der Waals surface area contributed by atoms with Gasteiger partial charge >= 0.3 is 12.1 Å². The van der Waals surface area contributed by atoms with E-state index in [1.165, 1.54) is 0 Å². The Kier molecular flexibility index (Phi) is 2.27. The van der Waals surface area contributed by atoms with Crippen molar-refractivity contribution in [2.24, 2.45) is 5.92 Å². The molecule has 2 atom stereocenters. The van der Waals surface area contributed by atoms with Crippen molar-refractivity contribution >= 4 is 5.97 Å². The third-order valence-corrected chi connectivity index (χ3v) is 1.91. The molecule has 1 rings (SSSR count). The van der Waals surface area contributed by atoms with E-state index in [0.717, 1.165) is 0 Å². The Labute approximate surface area is 66.6 Å². The molecular weight excluding hydrogens is 175 g/mol. The number of carboxylic acids is 1. The molecule has 0 amide bonds. The number of carboxylic acid groups (broad SMARTS) is 1. The van der Waals surface area contributed by atoms with Crippen molar-refractivity contribution < 1.29 is 23.1 Å². The minimum Gasteiger partial charge on any atom is -0.480 e. The lowest BCUT2D eigenvalue weighted by Gasteiger charge is -2.18. The molecular formula is C6H8F3NO2. The van der Waals surface area contributed by atoms with Crippen molar-refractivity contribution in [3.63, 3.8) is 0 Å². The smallest absolute Gasteiger partial charge is 0.393 e. The van der Waals surface area contributed by atoms with Gasteiger partial charge in [0.2, 0.25) is 0 Å². The van der Waals surface area contributed by atoms with E-state index in [1.807, 2.05) is 0 Å². The molecule has 3 nitrogen and oxygen atoms in total. The molecule has 1 aliphatic heterocycles. The normalized spacial score (nSPS) is 30.6. The molecule has 0 aromatic heterocycles. The van der Waals surface area contributed by atoms with Crippen LogP contribution in [0, 0.1) is 5.92 Å². The molecule has 0 saturated carbocycles. The summed E-state index contributed by atoms with van der Waals surface area (Å²) >= 11 is 0. The van der Waals surface area contributed by atoms with Crippen LogP contribution in [0.4, 0.5) is 13.2 Å². The van der Waals surface area contributed by atoms with E-state index in [2.05, 4.69) is 5.32 Å². The molecule has 0 aliphatic carbocycles. The van der Waals surface area contributed by atoms with Crippen LogP contribution in [0.5, 0.6) is 0 Å². The van der Waals surface area contributed by atoms with Crippen LogP contribution >= 0.6 is 0 Å². The number of aliphatic carboxylic acids is 1. The Morgan fingerprint density at radius 1 is 1.50 bits per heavy atom. The zero-order valence-corrected chi connectivity index (χ0v) is 6.06. The first kappa shape index (κ1) is 9.31. The summed E-state index contributed by atoms with van der Waals surface area (Å²) in [6.07, 6.45) is -4.56. The van der Waals surface area contributed by atoms with Gasteiger partial charge in [-0.25, -0.2) is 0 Å². The summed E-state index contributed by atoms with van der Waals surface area (Å²) in [5, 5.41) is 10.7. The Morgan fingerprint density at radius 3 is 2.42 bits per heavy atom. The van der Waals surface area contributed by atoms with Crippen LogP contribution in [0.2, 0.25) is 0 Å². The number of halogens is 3. The van der Waals surface area contributed by atoms with E-state index in [-0.39, 0.29) is 13.0 Å². The van der Waals surface area contributed by atoms with Crippen LogP contribution in [-0.2, 0) is 4.79 Å². The average molecular weight is 183 g/mol. The molecule has 0 radical (unpaired) electrons. The Bertz CT molecular complexity index is 192. The summed E-state index contributed by atoms with van der Waals surface area (Å²) < 4.78 is 36.2. The lowest BCUT2D eigenvalue weighted by Crippen LogP contribution is -2.41. The standard InChI is InChI=1S/C6H8F3NO2/c7-6(8,9)3-1-2-10-4(3)5(11)12/h3-4,10H,1-2H2,(H,11,12)/t3?,4-/m0/s1. The Hall–Kier alpha value is -0.780. The van der Waals surface area contributed by atoms with Gasteiger partial charge < -0.3 is 10.4 Å². The second kappa shape index (κ2) is 2.93. The zero-order valence-electron chi connectivity index (χ0n) is 6.06. The molecule has 0 aromatic carbocycles. The quantitative estimate of drug-likeness (QED) is 0.626. The van der Waals surface area contributed by atoms with Gasteiger partial charge in [-0.15, -0.1) is 0 Å². The number of hydrogen-bond donors (Lipinski definition) is 2. The highest BCUT2D eigenvalue weighted by atomic mass is 19.4. The van der Waals surface area contributed by atoms with Gasteiger partial charge in [-0.3, -0.25) is 4.79 Å². The van der Waals surface area contributed by atoms with Gasteiger partial charge in [-0.2, -0.15) is 13.2 Å². The van der Waals surface area contributed by atoms with Crippen LogP contribution in [0.15, 0.2) is 0 Å². The van der Waals surface area contributed by atoms with Gasteiger partial charge in [0, 0.05) is 0 Å². The summed E-state index contributed by atoms with van der Waals surface area (Å²) in [6, 6.07) is -1.47. The zero-order chi connectivity index (χ0) is 9.35. The van der Waals surface area contributed by atoms with Crippen molar-refractivity contribution in [2.45, 2.75) is 18.6 Å². The van der Waals surface area contributed by atoms with Crippen molar-refractivity contribution in [3.8, 4) is 0 Å². The Balaban J connectivity index is 2.71. The second-order valence-corrected chi connectivity index (χ2v) is 2.71. The number of nitrogens with one attached hydrogen (secondary N) is 1. The van der Waals surface area contributed by atoms with E-state index in [4.69, 9.17) is 5.11 Å². The van der Waals surface area contributed by atoms with Gasteiger partial charge in [0.1, 0.15) is 6.04 Å². The predicted octanol–water partition coefficient (Wildman–Crippen LogP) is 0.611. The lowest BCUT2D eigenvalue weighted by atomic mass is 10.0.